The number of benzene rings is 1. The van der Waals surface area contributed by atoms with Gasteiger partial charge in [-0.05, 0) is 31.0 Å². The summed E-state index contributed by atoms with van der Waals surface area (Å²) in [7, 11) is 1.77. The molecule has 0 aromatic heterocycles. The topological polar surface area (TPSA) is 58.4 Å². The zero-order valence-corrected chi connectivity index (χ0v) is 10.9. The monoisotopic (exact) mass is 247 g/mol. The molecule has 0 atom stereocenters. The Bertz CT molecular complexity index is 413. The van der Waals surface area contributed by atoms with E-state index in [2.05, 4.69) is 5.32 Å². The van der Waals surface area contributed by atoms with Gasteiger partial charge in [0.05, 0.1) is 0 Å². The molecule has 0 radical (unpaired) electrons. The van der Waals surface area contributed by atoms with E-state index < -0.39 is 0 Å². The highest BCUT2D eigenvalue weighted by Gasteiger charge is 2.18. The third-order valence-electron chi connectivity index (χ3n) is 3.49. The molecule has 18 heavy (non-hydrogen) atoms. The number of amides is 2. The van der Waals surface area contributed by atoms with Crippen LogP contribution in [0.1, 0.15) is 32.1 Å². The van der Waals surface area contributed by atoms with E-state index in [0.29, 0.717) is 11.7 Å². The Hall–Kier alpha value is -1.71. The van der Waals surface area contributed by atoms with Crippen LogP contribution in [0.25, 0.3) is 0 Å². The number of carbonyl (C=O) groups excluding carboxylic acids is 1. The Morgan fingerprint density at radius 1 is 1.33 bits per heavy atom. The molecule has 0 saturated heterocycles. The third-order valence-corrected chi connectivity index (χ3v) is 3.49. The molecular weight excluding hydrogens is 226 g/mol. The van der Waals surface area contributed by atoms with Crippen molar-refractivity contribution in [3.05, 3.63) is 24.3 Å². The largest absolute Gasteiger partial charge is 0.399 e. The smallest absolute Gasteiger partial charge is 0.321 e. The van der Waals surface area contributed by atoms with Gasteiger partial charge in [-0.1, -0.05) is 25.3 Å². The van der Waals surface area contributed by atoms with E-state index in [4.69, 9.17) is 5.73 Å². The third kappa shape index (κ3) is 3.15. The van der Waals surface area contributed by atoms with Crippen LogP contribution in [0.15, 0.2) is 24.3 Å². The minimum absolute atomic E-state index is 0.0486. The van der Waals surface area contributed by atoms with Crippen molar-refractivity contribution in [2.45, 2.75) is 38.1 Å². The molecule has 1 saturated carbocycles. The van der Waals surface area contributed by atoms with Crippen LogP contribution >= 0.6 is 0 Å². The molecule has 0 spiro atoms. The first-order valence-electron chi connectivity index (χ1n) is 6.56. The summed E-state index contributed by atoms with van der Waals surface area (Å²) in [5.74, 6) is 0. The molecule has 4 heteroatoms. The van der Waals surface area contributed by atoms with Crippen molar-refractivity contribution in [2.24, 2.45) is 0 Å². The normalized spacial score (nSPS) is 16.3. The van der Waals surface area contributed by atoms with Gasteiger partial charge in [0.15, 0.2) is 0 Å². The number of nitrogen functional groups attached to an aromatic ring is 1. The average molecular weight is 247 g/mol. The molecule has 1 aliphatic rings. The molecule has 98 valence electrons. The van der Waals surface area contributed by atoms with Gasteiger partial charge in [0.25, 0.3) is 0 Å². The predicted octanol–water partition coefficient (Wildman–Crippen LogP) is 2.75. The summed E-state index contributed by atoms with van der Waals surface area (Å²) in [5.41, 5.74) is 7.22. The number of rotatable bonds is 2. The Balaban J connectivity index is 1.95. The van der Waals surface area contributed by atoms with Gasteiger partial charge in [-0.3, -0.25) is 4.90 Å². The van der Waals surface area contributed by atoms with Crippen LogP contribution in [0.5, 0.6) is 0 Å². The Morgan fingerprint density at radius 2 is 2.06 bits per heavy atom. The summed E-state index contributed by atoms with van der Waals surface area (Å²) >= 11 is 0. The number of nitrogens with one attached hydrogen (secondary N) is 1. The number of carbonyl (C=O) groups is 1. The van der Waals surface area contributed by atoms with Gasteiger partial charge in [0.2, 0.25) is 0 Å². The molecule has 1 aromatic rings. The average Bonchev–Trinajstić information content (AvgIpc) is 2.39. The second-order valence-corrected chi connectivity index (χ2v) is 4.94. The molecule has 1 aromatic carbocycles. The lowest BCUT2D eigenvalue weighted by atomic mass is 9.96. The SMILES string of the molecule is CN(C(=O)NC1CCCCC1)c1cccc(N)c1. The number of hydrogen-bond donors (Lipinski definition) is 2. The second kappa shape index (κ2) is 5.76. The van der Waals surface area contributed by atoms with Crippen LogP contribution in [0.4, 0.5) is 16.2 Å². The van der Waals surface area contributed by atoms with Gasteiger partial charge in [0, 0.05) is 24.5 Å². The Morgan fingerprint density at radius 3 is 2.72 bits per heavy atom. The van der Waals surface area contributed by atoms with Crippen molar-refractivity contribution in [1.29, 1.82) is 0 Å². The van der Waals surface area contributed by atoms with E-state index in [1.807, 2.05) is 18.2 Å². The summed E-state index contributed by atoms with van der Waals surface area (Å²) in [4.78, 5) is 13.7. The van der Waals surface area contributed by atoms with Gasteiger partial charge in [-0.2, -0.15) is 0 Å². The van der Waals surface area contributed by atoms with Crippen LogP contribution < -0.4 is 16.0 Å². The maximum Gasteiger partial charge on any atom is 0.321 e. The number of nitrogens with two attached hydrogens (primary N) is 1. The van der Waals surface area contributed by atoms with Crippen molar-refractivity contribution in [3.63, 3.8) is 0 Å². The molecule has 0 bridgehead atoms. The van der Waals surface area contributed by atoms with Gasteiger partial charge in [-0.15, -0.1) is 0 Å². The van der Waals surface area contributed by atoms with Crippen molar-refractivity contribution in [1.82, 2.24) is 5.32 Å². The molecule has 0 unspecified atom stereocenters. The quantitative estimate of drug-likeness (QED) is 0.789. The van der Waals surface area contributed by atoms with Gasteiger partial charge in [0.1, 0.15) is 0 Å². The summed E-state index contributed by atoms with van der Waals surface area (Å²) in [6.45, 7) is 0. The minimum atomic E-state index is -0.0486. The van der Waals surface area contributed by atoms with Crippen LogP contribution in [0.2, 0.25) is 0 Å². The molecule has 4 nitrogen and oxygen atoms in total. The van der Waals surface area contributed by atoms with Gasteiger partial charge >= 0.3 is 6.03 Å². The van der Waals surface area contributed by atoms with E-state index in [1.165, 1.54) is 19.3 Å². The lowest BCUT2D eigenvalue weighted by Crippen LogP contribution is -2.43. The molecule has 3 N–H and O–H groups in total. The molecule has 1 aliphatic carbocycles. The maximum absolute atomic E-state index is 12.1. The first-order valence-corrected chi connectivity index (χ1v) is 6.56. The zero-order valence-electron chi connectivity index (χ0n) is 10.9. The van der Waals surface area contributed by atoms with Crippen molar-refractivity contribution < 1.29 is 4.79 Å². The van der Waals surface area contributed by atoms with Crippen LogP contribution in [-0.4, -0.2) is 19.1 Å². The standard InChI is InChI=1S/C14H21N3O/c1-17(13-9-5-6-11(15)10-13)14(18)16-12-7-3-2-4-8-12/h5-6,9-10,12H,2-4,7-8,15H2,1H3,(H,16,18). The first kappa shape index (κ1) is 12.7. The number of anilines is 2. The molecule has 0 aliphatic heterocycles. The number of nitrogens with zero attached hydrogens (tertiary/aromatic N) is 1. The first-order chi connectivity index (χ1) is 8.66. The molecule has 1 fully saturated rings. The lowest BCUT2D eigenvalue weighted by Gasteiger charge is -2.26. The van der Waals surface area contributed by atoms with Gasteiger partial charge < -0.3 is 11.1 Å². The van der Waals surface area contributed by atoms with E-state index in [0.717, 1.165) is 18.5 Å². The van der Waals surface area contributed by atoms with Crippen LogP contribution in [0, 0.1) is 0 Å². The van der Waals surface area contributed by atoms with E-state index in [1.54, 1.807) is 18.0 Å². The van der Waals surface area contributed by atoms with Crippen molar-refractivity contribution in [2.75, 3.05) is 17.7 Å². The highest BCUT2D eigenvalue weighted by Crippen LogP contribution is 2.19. The molecule has 0 heterocycles. The highest BCUT2D eigenvalue weighted by atomic mass is 16.2. The maximum atomic E-state index is 12.1. The van der Waals surface area contributed by atoms with Crippen molar-refractivity contribution >= 4 is 17.4 Å². The van der Waals surface area contributed by atoms with Crippen LogP contribution in [-0.2, 0) is 0 Å². The minimum Gasteiger partial charge on any atom is -0.399 e. The predicted molar refractivity (Wildman–Crippen MR) is 74.7 cm³/mol. The number of urea groups is 1. The molecule has 2 amide bonds. The highest BCUT2D eigenvalue weighted by molar-refractivity contribution is 5.92. The fourth-order valence-electron chi connectivity index (χ4n) is 2.37. The summed E-state index contributed by atoms with van der Waals surface area (Å²) < 4.78 is 0. The molecule has 2 rings (SSSR count). The number of hydrogen-bond acceptors (Lipinski definition) is 2. The second-order valence-electron chi connectivity index (χ2n) is 4.94. The van der Waals surface area contributed by atoms with E-state index >= 15 is 0 Å². The fourth-order valence-corrected chi connectivity index (χ4v) is 2.37. The van der Waals surface area contributed by atoms with E-state index in [9.17, 15) is 4.79 Å². The summed E-state index contributed by atoms with van der Waals surface area (Å²) in [6.07, 6.45) is 5.91. The lowest BCUT2D eigenvalue weighted by molar-refractivity contribution is 0.239. The summed E-state index contributed by atoms with van der Waals surface area (Å²) in [6, 6.07) is 7.64. The zero-order chi connectivity index (χ0) is 13.0. The molecular formula is C14H21N3O. The Labute approximate surface area is 108 Å². The fraction of sp³-hybridized carbons (Fsp3) is 0.500. The van der Waals surface area contributed by atoms with Crippen LogP contribution in [0.3, 0.4) is 0 Å². The van der Waals surface area contributed by atoms with E-state index in [-0.39, 0.29) is 6.03 Å². The van der Waals surface area contributed by atoms with Crippen molar-refractivity contribution in [3.8, 4) is 0 Å². The Kier molecular flexibility index (Phi) is 4.07. The van der Waals surface area contributed by atoms with Gasteiger partial charge in [-0.25, -0.2) is 4.79 Å². The summed E-state index contributed by atoms with van der Waals surface area (Å²) in [5, 5.41) is 3.08.